The van der Waals surface area contributed by atoms with Gasteiger partial charge in [0.1, 0.15) is 5.01 Å². The van der Waals surface area contributed by atoms with Crippen molar-refractivity contribution >= 4 is 34.6 Å². The van der Waals surface area contributed by atoms with Crippen LogP contribution in [0, 0.1) is 19.8 Å². The van der Waals surface area contributed by atoms with Crippen molar-refractivity contribution in [2.45, 2.75) is 51.7 Å². The molecule has 9 heteroatoms. The summed E-state index contributed by atoms with van der Waals surface area (Å²) in [6.45, 7) is 4.52. The predicted molar refractivity (Wildman–Crippen MR) is 133 cm³/mol. The maximum Gasteiger partial charge on any atom is 0.434 e. The highest BCUT2D eigenvalue weighted by Crippen LogP contribution is 2.43. The number of nitrogens with two attached hydrogens (primary N) is 1. The van der Waals surface area contributed by atoms with E-state index in [0.29, 0.717) is 23.6 Å². The van der Waals surface area contributed by atoms with Gasteiger partial charge in [0.15, 0.2) is 5.69 Å². The number of thiazole rings is 1. The van der Waals surface area contributed by atoms with E-state index in [2.05, 4.69) is 9.97 Å². The number of alkyl halides is 3. The summed E-state index contributed by atoms with van der Waals surface area (Å²) in [6.07, 6.45) is 1.16. The standard InChI is InChI=1S/C26H27F3N4OS/c1-14-9-15(2)31-21(14)11-20-19-8-5-17(24-32-23(13-35-24)26(27,28)29)10-22(19)33(25(20)34)12-16-3-6-18(30)7-4-16/h5,8-11,13,16,18,31H,3-4,6-7,12,30H2,1-2H3/b20-11-. The van der Waals surface area contributed by atoms with Crippen LogP contribution in [0.2, 0.25) is 0 Å². The number of hydrogen-bond donors (Lipinski definition) is 2. The zero-order valence-corrected chi connectivity index (χ0v) is 20.4. The molecule has 1 aliphatic heterocycles. The van der Waals surface area contributed by atoms with Crippen molar-refractivity contribution in [1.82, 2.24) is 9.97 Å². The molecule has 0 bridgehead atoms. The van der Waals surface area contributed by atoms with Crippen molar-refractivity contribution < 1.29 is 18.0 Å². The second-order valence-electron chi connectivity index (χ2n) is 9.57. The molecule has 3 N–H and O–H groups in total. The number of aromatic nitrogens is 2. The highest BCUT2D eigenvalue weighted by molar-refractivity contribution is 7.13. The molecule has 5 rings (SSSR count). The molecule has 1 saturated carbocycles. The number of fused-ring (bicyclic) bond motifs is 1. The molecule has 184 valence electrons. The van der Waals surface area contributed by atoms with E-state index in [1.807, 2.05) is 32.1 Å². The molecular weight excluding hydrogens is 473 g/mol. The molecule has 3 aromatic rings. The Morgan fingerprint density at radius 3 is 2.57 bits per heavy atom. The second-order valence-corrected chi connectivity index (χ2v) is 10.4. The van der Waals surface area contributed by atoms with Crippen LogP contribution < -0.4 is 10.6 Å². The molecule has 35 heavy (non-hydrogen) atoms. The van der Waals surface area contributed by atoms with Gasteiger partial charge in [0, 0.05) is 40.5 Å². The molecule has 3 heterocycles. The topological polar surface area (TPSA) is 75.0 Å². The predicted octanol–water partition coefficient (Wildman–Crippen LogP) is 6.18. The third kappa shape index (κ3) is 4.67. The van der Waals surface area contributed by atoms with Crippen LogP contribution in [0.4, 0.5) is 18.9 Å². The summed E-state index contributed by atoms with van der Waals surface area (Å²) in [7, 11) is 0. The molecule has 2 aliphatic rings. The molecular formula is C26H27F3N4OS. The van der Waals surface area contributed by atoms with Gasteiger partial charge in [-0.2, -0.15) is 13.2 Å². The van der Waals surface area contributed by atoms with E-state index in [1.54, 1.807) is 17.0 Å². The van der Waals surface area contributed by atoms with Gasteiger partial charge in [-0.3, -0.25) is 4.79 Å². The summed E-state index contributed by atoms with van der Waals surface area (Å²) in [4.78, 5) is 22.6. The average molecular weight is 501 g/mol. The van der Waals surface area contributed by atoms with Crippen molar-refractivity contribution in [1.29, 1.82) is 0 Å². The number of benzene rings is 1. The van der Waals surface area contributed by atoms with Gasteiger partial charge in [-0.15, -0.1) is 11.3 Å². The van der Waals surface area contributed by atoms with E-state index in [4.69, 9.17) is 5.73 Å². The Kier molecular flexibility index (Phi) is 6.09. The minimum Gasteiger partial charge on any atom is -0.359 e. The highest BCUT2D eigenvalue weighted by Gasteiger charge is 2.36. The van der Waals surface area contributed by atoms with Crippen LogP contribution in [0.15, 0.2) is 29.6 Å². The minimum absolute atomic E-state index is 0.0891. The number of halogens is 3. The second kappa shape index (κ2) is 8.95. The van der Waals surface area contributed by atoms with Crippen molar-refractivity contribution in [3.63, 3.8) is 0 Å². The van der Waals surface area contributed by atoms with Gasteiger partial charge in [0.05, 0.1) is 11.3 Å². The number of aryl methyl sites for hydroxylation is 2. The number of anilines is 1. The maximum atomic E-state index is 13.7. The van der Waals surface area contributed by atoms with Crippen molar-refractivity contribution in [2.24, 2.45) is 11.7 Å². The molecule has 1 amide bonds. The quantitative estimate of drug-likeness (QED) is 0.420. The Labute approximate surface area is 205 Å². The van der Waals surface area contributed by atoms with E-state index >= 15 is 0 Å². The van der Waals surface area contributed by atoms with Crippen LogP contribution >= 0.6 is 11.3 Å². The van der Waals surface area contributed by atoms with Crippen LogP contribution in [0.3, 0.4) is 0 Å². The number of H-pyrrole nitrogens is 1. The number of aromatic amines is 1. The molecule has 2 aromatic heterocycles. The Bertz CT molecular complexity index is 1300. The molecule has 0 saturated heterocycles. The highest BCUT2D eigenvalue weighted by atomic mass is 32.1. The first kappa shape index (κ1) is 23.8. The van der Waals surface area contributed by atoms with Crippen LogP contribution in [0.1, 0.15) is 53.9 Å². The summed E-state index contributed by atoms with van der Waals surface area (Å²) in [6, 6.07) is 7.61. The lowest BCUT2D eigenvalue weighted by atomic mass is 9.86. The fourth-order valence-corrected chi connectivity index (χ4v) is 5.84. The Hall–Kier alpha value is -2.91. The van der Waals surface area contributed by atoms with Crippen LogP contribution in [-0.4, -0.2) is 28.5 Å². The van der Waals surface area contributed by atoms with Gasteiger partial charge in [-0.1, -0.05) is 12.1 Å². The summed E-state index contributed by atoms with van der Waals surface area (Å²) in [5, 5.41) is 1.31. The Morgan fingerprint density at radius 1 is 1.20 bits per heavy atom. The summed E-state index contributed by atoms with van der Waals surface area (Å²) >= 11 is 0.953. The van der Waals surface area contributed by atoms with Crippen LogP contribution in [-0.2, 0) is 11.0 Å². The first-order chi connectivity index (χ1) is 16.6. The maximum absolute atomic E-state index is 13.7. The lowest BCUT2D eigenvalue weighted by Crippen LogP contribution is -2.36. The number of hydrogen-bond acceptors (Lipinski definition) is 4. The van der Waals surface area contributed by atoms with Crippen LogP contribution in [0.25, 0.3) is 22.2 Å². The molecule has 0 unspecified atom stereocenters. The number of nitrogens with one attached hydrogen (secondary N) is 1. The largest absolute Gasteiger partial charge is 0.434 e. The molecule has 0 spiro atoms. The zero-order chi connectivity index (χ0) is 24.9. The first-order valence-electron chi connectivity index (χ1n) is 11.7. The number of rotatable bonds is 4. The number of amides is 1. The fourth-order valence-electron chi connectivity index (χ4n) is 5.02. The monoisotopic (exact) mass is 500 g/mol. The van der Waals surface area contributed by atoms with Gasteiger partial charge in [-0.25, -0.2) is 4.98 Å². The number of carbonyl (C=O) groups excluding carboxylic acids is 1. The van der Waals surface area contributed by atoms with E-state index in [-0.39, 0.29) is 17.0 Å². The molecule has 1 aromatic carbocycles. The average Bonchev–Trinajstić information content (AvgIpc) is 3.48. The smallest absolute Gasteiger partial charge is 0.359 e. The van der Waals surface area contributed by atoms with Gasteiger partial charge in [-0.05, 0) is 69.2 Å². The molecule has 5 nitrogen and oxygen atoms in total. The number of carbonyl (C=O) groups is 1. The third-order valence-electron chi connectivity index (χ3n) is 6.91. The Balaban J connectivity index is 1.55. The van der Waals surface area contributed by atoms with Crippen molar-refractivity contribution in [3.05, 3.63) is 57.9 Å². The van der Waals surface area contributed by atoms with E-state index in [0.717, 1.165) is 70.6 Å². The SMILES string of the molecule is Cc1cc(C)c(/C=C2\C(=O)N(CC3CCC(N)CC3)c3cc(-c4nc(C(F)(F)F)cs4)ccc32)[nH]1. The lowest BCUT2D eigenvalue weighted by Gasteiger charge is -2.30. The molecule has 1 aliphatic carbocycles. The van der Waals surface area contributed by atoms with Gasteiger partial charge in [0.25, 0.3) is 5.91 Å². The summed E-state index contributed by atoms with van der Waals surface area (Å²) in [5.74, 6) is 0.245. The molecule has 0 atom stereocenters. The third-order valence-corrected chi connectivity index (χ3v) is 7.80. The summed E-state index contributed by atoms with van der Waals surface area (Å²) < 4.78 is 39.3. The van der Waals surface area contributed by atoms with Gasteiger partial charge < -0.3 is 15.6 Å². The van der Waals surface area contributed by atoms with Crippen LogP contribution in [0.5, 0.6) is 0 Å². The van der Waals surface area contributed by atoms with Crippen molar-refractivity contribution in [3.8, 4) is 10.6 Å². The Morgan fingerprint density at radius 2 is 1.94 bits per heavy atom. The van der Waals surface area contributed by atoms with Gasteiger partial charge in [0.2, 0.25) is 0 Å². The van der Waals surface area contributed by atoms with E-state index < -0.39 is 11.9 Å². The lowest BCUT2D eigenvalue weighted by molar-refractivity contribution is -0.140. The number of nitrogens with zero attached hydrogens (tertiary/aromatic N) is 2. The van der Waals surface area contributed by atoms with Gasteiger partial charge >= 0.3 is 6.18 Å². The minimum atomic E-state index is -4.49. The van der Waals surface area contributed by atoms with E-state index in [9.17, 15) is 18.0 Å². The molecule has 1 fully saturated rings. The zero-order valence-electron chi connectivity index (χ0n) is 19.6. The normalized spacial score (nSPS) is 21.7. The first-order valence-corrected chi connectivity index (χ1v) is 12.6. The molecule has 0 radical (unpaired) electrons. The fraction of sp³-hybridized carbons (Fsp3) is 0.385. The van der Waals surface area contributed by atoms with Crippen molar-refractivity contribution in [2.75, 3.05) is 11.4 Å². The summed E-state index contributed by atoms with van der Waals surface area (Å²) in [5.41, 5.74) is 10.8. The van der Waals surface area contributed by atoms with E-state index in [1.165, 1.54) is 0 Å².